The molecule has 0 unspecified atom stereocenters. The maximum atomic E-state index is 10.8. The van der Waals surface area contributed by atoms with Crippen LogP contribution >= 0.6 is 56.5 Å². The summed E-state index contributed by atoms with van der Waals surface area (Å²) in [5, 5.41) is 13.6. The molecule has 0 aliphatic carbocycles. The molecule has 72 valence electrons. The quantitative estimate of drug-likeness (QED) is 0.389. The van der Waals surface area contributed by atoms with E-state index in [2.05, 4.69) is 45.2 Å². The van der Waals surface area contributed by atoms with Crippen LogP contribution in [0, 0.1) is 17.3 Å². The van der Waals surface area contributed by atoms with Crippen LogP contribution in [0.1, 0.15) is 0 Å². The van der Waals surface area contributed by atoms with E-state index < -0.39 is 0 Å². The molecule has 0 N–H and O–H groups in total. The SMILES string of the molecule is O=[N+]([O-])c1cc(I)c(I)c2ccsc12. The molecule has 0 bridgehead atoms. The largest absolute Gasteiger partial charge is 0.288 e. The number of halogens is 2. The van der Waals surface area contributed by atoms with Gasteiger partial charge in [-0.15, -0.1) is 11.3 Å². The molecule has 0 saturated carbocycles. The molecule has 0 amide bonds. The van der Waals surface area contributed by atoms with Gasteiger partial charge >= 0.3 is 0 Å². The molecule has 0 atom stereocenters. The van der Waals surface area contributed by atoms with E-state index in [1.54, 1.807) is 6.07 Å². The number of rotatable bonds is 1. The van der Waals surface area contributed by atoms with Crippen molar-refractivity contribution >= 4 is 72.3 Å². The number of nitro benzene ring substituents is 1. The van der Waals surface area contributed by atoms with Crippen LogP contribution < -0.4 is 0 Å². The fraction of sp³-hybridized carbons (Fsp3) is 0. The van der Waals surface area contributed by atoms with Crippen molar-refractivity contribution in [3.63, 3.8) is 0 Å². The van der Waals surface area contributed by atoms with Gasteiger partial charge in [0.2, 0.25) is 0 Å². The normalized spacial score (nSPS) is 10.7. The molecule has 1 aromatic carbocycles. The first-order valence-electron chi connectivity index (χ1n) is 3.61. The third-order valence-corrected chi connectivity index (χ3v) is 5.79. The molecule has 2 rings (SSSR count). The Morgan fingerprint density at radius 1 is 1.43 bits per heavy atom. The van der Waals surface area contributed by atoms with E-state index in [0.717, 1.165) is 17.2 Å². The third kappa shape index (κ3) is 1.63. The molecule has 0 aliphatic rings. The van der Waals surface area contributed by atoms with E-state index in [0.29, 0.717) is 0 Å². The molecule has 2 aromatic rings. The Kier molecular flexibility index (Phi) is 2.93. The second kappa shape index (κ2) is 3.89. The van der Waals surface area contributed by atoms with Crippen molar-refractivity contribution in [2.75, 3.05) is 0 Å². The summed E-state index contributed by atoms with van der Waals surface area (Å²) in [6, 6.07) is 3.55. The van der Waals surface area contributed by atoms with E-state index in [-0.39, 0.29) is 10.6 Å². The van der Waals surface area contributed by atoms with E-state index in [1.807, 2.05) is 11.4 Å². The summed E-state index contributed by atoms with van der Waals surface area (Å²) in [7, 11) is 0. The molecule has 0 aliphatic heterocycles. The second-order valence-corrected chi connectivity index (χ2v) is 5.77. The van der Waals surface area contributed by atoms with Crippen molar-refractivity contribution in [1.82, 2.24) is 0 Å². The molecule has 1 aromatic heterocycles. The minimum Gasteiger partial charge on any atom is -0.258 e. The third-order valence-electron chi connectivity index (χ3n) is 1.80. The fourth-order valence-corrected chi connectivity index (χ4v) is 3.46. The fourth-order valence-electron chi connectivity index (χ4n) is 1.19. The number of benzene rings is 1. The minimum atomic E-state index is -0.322. The number of hydrogen-bond donors (Lipinski definition) is 0. The zero-order valence-electron chi connectivity index (χ0n) is 6.66. The first kappa shape index (κ1) is 10.6. The summed E-state index contributed by atoms with van der Waals surface area (Å²) in [6.07, 6.45) is 0. The van der Waals surface area contributed by atoms with Gasteiger partial charge in [-0.05, 0) is 56.6 Å². The van der Waals surface area contributed by atoms with Gasteiger partial charge < -0.3 is 0 Å². The van der Waals surface area contributed by atoms with Crippen LogP contribution in [0.5, 0.6) is 0 Å². The Morgan fingerprint density at radius 2 is 2.14 bits per heavy atom. The minimum absolute atomic E-state index is 0.208. The summed E-state index contributed by atoms with van der Waals surface area (Å²) >= 11 is 5.75. The van der Waals surface area contributed by atoms with Gasteiger partial charge in [0.05, 0.1) is 4.92 Å². The molecule has 6 heteroatoms. The first-order valence-corrected chi connectivity index (χ1v) is 6.64. The maximum Gasteiger partial charge on any atom is 0.288 e. The Hall–Kier alpha value is 0.0400. The molecular weight excluding hydrogens is 428 g/mol. The van der Waals surface area contributed by atoms with Gasteiger partial charge in [0.25, 0.3) is 5.69 Å². The number of thiophene rings is 1. The van der Waals surface area contributed by atoms with Crippen LogP contribution in [0.25, 0.3) is 10.1 Å². The average molecular weight is 431 g/mol. The van der Waals surface area contributed by atoms with Crippen molar-refractivity contribution in [2.45, 2.75) is 0 Å². The lowest BCUT2D eigenvalue weighted by Crippen LogP contribution is -1.90. The number of fused-ring (bicyclic) bond motifs is 1. The molecule has 14 heavy (non-hydrogen) atoms. The lowest BCUT2D eigenvalue weighted by molar-refractivity contribution is -0.382. The van der Waals surface area contributed by atoms with Crippen LogP contribution in [-0.4, -0.2) is 4.92 Å². The predicted molar refractivity (Wildman–Crippen MR) is 73.9 cm³/mol. The molecule has 0 spiro atoms. The zero-order valence-corrected chi connectivity index (χ0v) is 11.8. The van der Waals surface area contributed by atoms with Gasteiger partial charge in [-0.25, -0.2) is 0 Å². The highest BCUT2D eigenvalue weighted by Crippen LogP contribution is 2.36. The van der Waals surface area contributed by atoms with Crippen molar-refractivity contribution in [3.05, 3.63) is 34.8 Å². The number of hydrogen-bond acceptors (Lipinski definition) is 3. The van der Waals surface area contributed by atoms with Gasteiger partial charge in [0.1, 0.15) is 4.70 Å². The molecule has 1 heterocycles. The maximum absolute atomic E-state index is 10.8. The molecule has 0 saturated heterocycles. The lowest BCUT2D eigenvalue weighted by Gasteiger charge is -1.99. The van der Waals surface area contributed by atoms with E-state index in [9.17, 15) is 10.1 Å². The van der Waals surface area contributed by atoms with E-state index >= 15 is 0 Å². The summed E-state index contributed by atoms with van der Waals surface area (Å²) in [5.74, 6) is 0. The molecule has 0 radical (unpaired) electrons. The van der Waals surface area contributed by atoms with E-state index in [4.69, 9.17) is 0 Å². The average Bonchev–Trinajstić information content (AvgIpc) is 2.59. The standard InChI is InChI=1S/C8H3I2NO2S/c9-5-3-6(11(12)13)8-4(7(5)10)1-2-14-8/h1-3H. The highest BCUT2D eigenvalue weighted by atomic mass is 127. The highest BCUT2D eigenvalue weighted by Gasteiger charge is 2.17. The Morgan fingerprint density at radius 3 is 2.79 bits per heavy atom. The summed E-state index contributed by atoms with van der Waals surface area (Å²) in [5.41, 5.74) is 0.208. The van der Waals surface area contributed by atoms with Gasteiger partial charge in [-0.2, -0.15) is 0 Å². The first-order chi connectivity index (χ1) is 6.61. The van der Waals surface area contributed by atoms with Crippen LogP contribution in [0.3, 0.4) is 0 Å². The smallest absolute Gasteiger partial charge is 0.258 e. The van der Waals surface area contributed by atoms with Gasteiger partial charge in [-0.3, -0.25) is 10.1 Å². The van der Waals surface area contributed by atoms with Crippen molar-refractivity contribution in [3.8, 4) is 0 Å². The zero-order chi connectivity index (χ0) is 10.3. The van der Waals surface area contributed by atoms with Crippen molar-refractivity contribution in [1.29, 1.82) is 0 Å². The van der Waals surface area contributed by atoms with Crippen molar-refractivity contribution in [2.24, 2.45) is 0 Å². The summed E-state index contributed by atoms with van der Waals surface area (Å²) in [6.45, 7) is 0. The lowest BCUT2D eigenvalue weighted by atomic mass is 10.2. The van der Waals surface area contributed by atoms with Crippen LogP contribution in [0.15, 0.2) is 17.5 Å². The molecule has 3 nitrogen and oxygen atoms in total. The van der Waals surface area contributed by atoms with Crippen LogP contribution in [0.4, 0.5) is 5.69 Å². The Balaban J connectivity index is 2.91. The number of nitrogens with zero attached hydrogens (tertiary/aromatic N) is 1. The predicted octanol–water partition coefficient (Wildman–Crippen LogP) is 4.02. The van der Waals surface area contributed by atoms with Gasteiger partial charge in [0.15, 0.2) is 0 Å². The second-order valence-electron chi connectivity index (χ2n) is 2.61. The number of nitro groups is 1. The molecule has 0 fully saturated rings. The highest BCUT2D eigenvalue weighted by molar-refractivity contribution is 14.1. The monoisotopic (exact) mass is 431 g/mol. The summed E-state index contributed by atoms with van der Waals surface area (Å²) in [4.78, 5) is 10.5. The Labute approximate surface area is 111 Å². The number of non-ortho nitro benzene ring substituents is 1. The summed E-state index contributed by atoms with van der Waals surface area (Å²) < 4.78 is 2.78. The van der Waals surface area contributed by atoms with Crippen molar-refractivity contribution < 1.29 is 4.92 Å². The van der Waals surface area contributed by atoms with Crippen LogP contribution in [-0.2, 0) is 0 Å². The Bertz CT molecular complexity index is 523. The molecular formula is C8H3I2NO2S. The van der Waals surface area contributed by atoms with E-state index in [1.165, 1.54) is 11.3 Å². The van der Waals surface area contributed by atoms with Crippen LogP contribution in [0.2, 0.25) is 0 Å². The van der Waals surface area contributed by atoms with Gasteiger partial charge in [0, 0.05) is 18.6 Å². The van der Waals surface area contributed by atoms with Gasteiger partial charge in [-0.1, -0.05) is 0 Å². The topological polar surface area (TPSA) is 43.1 Å².